The molecule has 0 spiro atoms. The van der Waals surface area contributed by atoms with Crippen LogP contribution in [0.1, 0.15) is 34.1 Å². The predicted octanol–water partition coefficient (Wildman–Crippen LogP) is 1.20. The topological polar surface area (TPSA) is 32.3 Å². The van der Waals surface area contributed by atoms with E-state index in [9.17, 15) is 4.79 Å². The maximum absolute atomic E-state index is 11.7. The Morgan fingerprint density at radius 2 is 2.23 bits per heavy atom. The molecule has 0 bridgehead atoms. The summed E-state index contributed by atoms with van der Waals surface area (Å²) in [6.07, 6.45) is 1.04. The fraction of sp³-hybridized carbons (Fsp3) is 0.900. The summed E-state index contributed by atoms with van der Waals surface area (Å²) in [5, 5.41) is 3.17. The van der Waals surface area contributed by atoms with Gasteiger partial charge < -0.3 is 4.90 Å². The molecule has 1 saturated heterocycles. The van der Waals surface area contributed by atoms with E-state index < -0.39 is 0 Å². The molecule has 76 valence electrons. The van der Waals surface area contributed by atoms with Crippen molar-refractivity contribution in [1.82, 2.24) is 10.2 Å². The van der Waals surface area contributed by atoms with Crippen LogP contribution in [0.2, 0.25) is 0 Å². The molecule has 0 radical (unpaired) electrons. The van der Waals surface area contributed by atoms with Crippen LogP contribution >= 0.6 is 0 Å². The standard InChI is InChI=1S/C10H20N2O/c1-5-9(7(2)3)12-6-11-8(4)10(12)13/h7-9,11H,5-6H2,1-4H3. The van der Waals surface area contributed by atoms with E-state index in [1.807, 2.05) is 11.8 Å². The molecule has 13 heavy (non-hydrogen) atoms. The van der Waals surface area contributed by atoms with Crippen LogP contribution in [0, 0.1) is 5.92 Å². The summed E-state index contributed by atoms with van der Waals surface area (Å²) in [4.78, 5) is 13.6. The van der Waals surface area contributed by atoms with Crippen LogP contribution in [0.15, 0.2) is 0 Å². The minimum atomic E-state index is 0.00722. The molecule has 2 unspecified atom stereocenters. The number of amides is 1. The molecular formula is C10H20N2O. The zero-order chi connectivity index (χ0) is 10.0. The maximum Gasteiger partial charge on any atom is 0.240 e. The predicted molar refractivity (Wildman–Crippen MR) is 53.2 cm³/mol. The molecule has 0 aromatic rings. The van der Waals surface area contributed by atoms with Crippen LogP contribution in [-0.2, 0) is 4.79 Å². The molecule has 1 fully saturated rings. The molecule has 2 atom stereocenters. The highest BCUT2D eigenvalue weighted by atomic mass is 16.2. The normalized spacial score (nSPS) is 25.8. The van der Waals surface area contributed by atoms with Gasteiger partial charge in [0.2, 0.25) is 5.91 Å². The number of rotatable bonds is 3. The van der Waals surface area contributed by atoms with Crippen LogP contribution in [0.25, 0.3) is 0 Å². The molecule has 0 aromatic heterocycles. The van der Waals surface area contributed by atoms with E-state index in [2.05, 4.69) is 26.1 Å². The van der Waals surface area contributed by atoms with Crippen LogP contribution in [-0.4, -0.2) is 29.6 Å². The summed E-state index contributed by atoms with van der Waals surface area (Å²) in [7, 11) is 0. The Labute approximate surface area is 80.5 Å². The Bertz CT molecular complexity index is 191. The average Bonchev–Trinajstić information content (AvgIpc) is 2.37. The van der Waals surface area contributed by atoms with Crippen LogP contribution < -0.4 is 5.32 Å². The fourth-order valence-electron chi connectivity index (χ4n) is 1.98. The molecule has 3 nitrogen and oxygen atoms in total. The Morgan fingerprint density at radius 1 is 1.62 bits per heavy atom. The van der Waals surface area contributed by atoms with Gasteiger partial charge in [-0.1, -0.05) is 20.8 Å². The number of carbonyl (C=O) groups excluding carboxylic acids is 1. The number of hydrogen-bond acceptors (Lipinski definition) is 2. The smallest absolute Gasteiger partial charge is 0.240 e. The minimum absolute atomic E-state index is 0.00722. The van der Waals surface area contributed by atoms with Crippen LogP contribution in [0.4, 0.5) is 0 Å². The van der Waals surface area contributed by atoms with Crippen molar-refractivity contribution in [2.75, 3.05) is 6.67 Å². The Morgan fingerprint density at radius 3 is 2.54 bits per heavy atom. The third-order valence-electron chi connectivity index (χ3n) is 2.81. The van der Waals surface area contributed by atoms with Crippen molar-refractivity contribution in [3.63, 3.8) is 0 Å². The molecule has 1 N–H and O–H groups in total. The number of hydrogen-bond donors (Lipinski definition) is 1. The van der Waals surface area contributed by atoms with Gasteiger partial charge in [0.25, 0.3) is 0 Å². The summed E-state index contributed by atoms with van der Waals surface area (Å²) in [6.45, 7) is 9.13. The van der Waals surface area contributed by atoms with E-state index in [4.69, 9.17) is 0 Å². The van der Waals surface area contributed by atoms with Crippen molar-refractivity contribution >= 4 is 5.91 Å². The highest BCUT2D eigenvalue weighted by molar-refractivity contribution is 5.83. The van der Waals surface area contributed by atoms with Crippen molar-refractivity contribution in [2.24, 2.45) is 5.92 Å². The number of carbonyl (C=O) groups is 1. The van der Waals surface area contributed by atoms with Crippen molar-refractivity contribution in [1.29, 1.82) is 0 Å². The highest BCUT2D eigenvalue weighted by Gasteiger charge is 2.32. The first-order chi connectivity index (χ1) is 6.07. The lowest BCUT2D eigenvalue weighted by molar-refractivity contribution is -0.131. The van der Waals surface area contributed by atoms with Gasteiger partial charge in [-0.3, -0.25) is 10.1 Å². The fourth-order valence-corrected chi connectivity index (χ4v) is 1.98. The van der Waals surface area contributed by atoms with Crippen LogP contribution in [0.3, 0.4) is 0 Å². The first-order valence-corrected chi connectivity index (χ1v) is 5.11. The molecule has 1 aliphatic rings. The third-order valence-corrected chi connectivity index (χ3v) is 2.81. The van der Waals surface area contributed by atoms with Crippen LogP contribution in [0.5, 0.6) is 0 Å². The molecule has 1 rings (SSSR count). The molecule has 3 heteroatoms. The largest absolute Gasteiger partial charge is 0.325 e. The molecule has 1 amide bonds. The van der Waals surface area contributed by atoms with E-state index in [1.54, 1.807) is 0 Å². The second-order valence-electron chi connectivity index (χ2n) is 4.11. The van der Waals surface area contributed by atoms with Gasteiger partial charge in [-0.2, -0.15) is 0 Å². The number of nitrogens with one attached hydrogen (secondary N) is 1. The van der Waals surface area contributed by atoms with E-state index in [1.165, 1.54) is 0 Å². The first-order valence-electron chi connectivity index (χ1n) is 5.11. The third kappa shape index (κ3) is 2.02. The first kappa shape index (κ1) is 10.5. The maximum atomic E-state index is 11.7. The molecule has 1 heterocycles. The second-order valence-corrected chi connectivity index (χ2v) is 4.11. The summed E-state index contributed by atoms with van der Waals surface area (Å²) in [5.41, 5.74) is 0. The van der Waals surface area contributed by atoms with E-state index in [-0.39, 0.29) is 11.9 Å². The zero-order valence-corrected chi connectivity index (χ0v) is 9.00. The molecule has 0 saturated carbocycles. The van der Waals surface area contributed by atoms with Gasteiger partial charge in [0.15, 0.2) is 0 Å². The summed E-state index contributed by atoms with van der Waals surface area (Å²) < 4.78 is 0. The quantitative estimate of drug-likeness (QED) is 0.714. The van der Waals surface area contributed by atoms with Gasteiger partial charge in [-0.05, 0) is 19.3 Å². The van der Waals surface area contributed by atoms with Crippen molar-refractivity contribution in [3.8, 4) is 0 Å². The average molecular weight is 184 g/mol. The SMILES string of the molecule is CCC(C(C)C)N1CNC(C)C1=O. The second kappa shape index (κ2) is 4.09. The monoisotopic (exact) mass is 184 g/mol. The van der Waals surface area contributed by atoms with E-state index in [0.29, 0.717) is 12.0 Å². The summed E-state index contributed by atoms with van der Waals surface area (Å²) in [5.74, 6) is 0.793. The summed E-state index contributed by atoms with van der Waals surface area (Å²) >= 11 is 0. The van der Waals surface area contributed by atoms with Gasteiger partial charge in [-0.25, -0.2) is 0 Å². The summed E-state index contributed by atoms with van der Waals surface area (Å²) in [6, 6.07) is 0.401. The molecule has 1 aliphatic heterocycles. The van der Waals surface area contributed by atoms with Gasteiger partial charge in [0.05, 0.1) is 12.7 Å². The number of nitrogens with zero attached hydrogens (tertiary/aromatic N) is 1. The van der Waals surface area contributed by atoms with Gasteiger partial charge >= 0.3 is 0 Å². The molecular weight excluding hydrogens is 164 g/mol. The lowest BCUT2D eigenvalue weighted by atomic mass is 10.0. The molecule has 0 aliphatic carbocycles. The Hall–Kier alpha value is -0.570. The molecule has 0 aromatic carbocycles. The van der Waals surface area contributed by atoms with Crippen molar-refractivity contribution < 1.29 is 4.79 Å². The van der Waals surface area contributed by atoms with Gasteiger partial charge in [-0.15, -0.1) is 0 Å². The minimum Gasteiger partial charge on any atom is -0.325 e. The lowest BCUT2D eigenvalue weighted by Crippen LogP contribution is -2.41. The van der Waals surface area contributed by atoms with Gasteiger partial charge in [0, 0.05) is 6.04 Å². The Balaban J connectivity index is 2.65. The van der Waals surface area contributed by atoms with Crippen molar-refractivity contribution in [3.05, 3.63) is 0 Å². The van der Waals surface area contributed by atoms with E-state index >= 15 is 0 Å². The lowest BCUT2D eigenvalue weighted by Gasteiger charge is -2.29. The zero-order valence-electron chi connectivity index (χ0n) is 9.00. The van der Waals surface area contributed by atoms with Crippen molar-refractivity contribution in [2.45, 2.75) is 46.2 Å². The Kier molecular flexibility index (Phi) is 3.31. The van der Waals surface area contributed by atoms with Gasteiger partial charge in [0.1, 0.15) is 0 Å². The highest BCUT2D eigenvalue weighted by Crippen LogP contribution is 2.17. The van der Waals surface area contributed by atoms with E-state index in [0.717, 1.165) is 13.1 Å².